The minimum atomic E-state index is -3.41. The summed E-state index contributed by atoms with van der Waals surface area (Å²) in [5, 5.41) is 4.99. The molecule has 0 bridgehead atoms. The first-order chi connectivity index (χ1) is 13.5. The van der Waals surface area contributed by atoms with E-state index in [9.17, 15) is 18.0 Å². The van der Waals surface area contributed by atoms with E-state index in [2.05, 4.69) is 14.8 Å². The van der Waals surface area contributed by atoms with Crippen LogP contribution in [0.2, 0.25) is 0 Å². The Labute approximate surface area is 167 Å². The normalized spacial score (nSPS) is 12.6. The molecule has 152 valence electrons. The Morgan fingerprint density at radius 3 is 2.45 bits per heavy atom. The molecule has 1 aromatic carbocycles. The zero-order valence-corrected chi connectivity index (χ0v) is 17.1. The number of ketones is 1. The van der Waals surface area contributed by atoms with Gasteiger partial charge in [0.25, 0.3) is 0 Å². The predicted octanol–water partition coefficient (Wildman–Crippen LogP) is 2.08. The summed E-state index contributed by atoms with van der Waals surface area (Å²) in [7, 11) is -1.64. The van der Waals surface area contributed by atoms with E-state index in [0.717, 1.165) is 17.3 Å². The molecule has 0 aliphatic heterocycles. The van der Waals surface area contributed by atoms with Gasteiger partial charge in [0.05, 0.1) is 17.5 Å². The Morgan fingerprint density at radius 2 is 1.83 bits per heavy atom. The molecular weight excluding hydrogens is 396 g/mol. The number of anilines is 1. The third-order valence-electron chi connectivity index (χ3n) is 4.22. The van der Waals surface area contributed by atoms with Crippen LogP contribution in [0.4, 0.5) is 5.69 Å². The van der Waals surface area contributed by atoms with Gasteiger partial charge in [-0.15, -0.1) is 0 Å². The highest BCUT2D eigenvalue weighted by atomic mass is 32.2. The second-order valence-electron chi connectivity index (χ2n) is 6.67. The number of ether oxygens (including phenoxy) is 1. The summed E-state index contributed by atoms with van der Waals surface area (Å²) in [6.45, 7) is 3.29. The summed E-state index contributed by atoms with van der Waals surface area (Å²) in [6.07, 6.45) is 1.39. The third-order valence-corrected chi connectivity index (χ3v) is 4.83. The maximum Gasteiger partial charge on any atom is 0.340 e. The number of carbonyl (C=O) groups is 2. The van der Waals surface area contributed by atoms with Gasteiger partial charge in [0.15, 0.2) is 11.8 Å². The fourth-order valence-electron chi connectivity index (χ4n) is 2.85. The molecule has 9 nitrogen and oxygen atoms in total. The summed E-state index contributed by atoms with van der Waals surface area (Å²) in [6, 6.07) is 7.49. The van der Waals surface area contributed by atoms with E-state index in [0.29, 0.717) is 16.9 Å². The largest absolute Gasteiger partial charge is 0.451 e. The highest BCUT2D eigenvalue weighted by Gasteiger charge is 2.21. The van der Waals surface area contributed by atoms with E-state index in [1.165, 1.54) is 37.4 Å². The van der Waals surface area contributed by atoms with Crippen LogP contribution >= 0.6 is 0 Å². The molecule has 0 fully saturated rings. The lowest BCUT2D eigenvalue weighted by Crippen LogP contribution is -2.24. The summed E-state index contributed by atoms with van der Waals surface area (Å²) >= 11 is 0. The van der Waals surface area contributed by atoms with Gasteiger partial charge in [-0.05, 0) is 44.2 Å². The van der Waals surface area contributed by atoms with Crippen molar-refractivity contribution in [2.45, 2.75) is 20.0 Å². The summed E-state index contributed by atoms with van der Waals surface area (Å²) in [4.78, 5) is 29.2. The number of Topliss-reactive ketones (excluding diaryl/α,β-unsaturated/α-hetero) is 1. The third kappa shape index (κ3) is 4.60. The molecule has 1 N–H and O–H groups in total. The number of sulfonamides is 1. The van der Waals surface area contributed by atoms with Crippen molar-refractivity contribution in [2.75, 3.05) is 11.0 Å². The van der Waals surface area contributed by atoms with Gasteiger partial charge in [0.2, 0.25) is 15.8 Å². The molecule has 0 saturated carbocycles. The van der Waals surface area contributed by atoms with Gasteiger partial charge in [0, 0.05) is 29.9 Å². The summed E-state index contributed by atoms with van der Waals surface area (Å²) < 4.78 is 31.7. The molecule has 2 aromatic heterocycles. The molecule has 1 unspecified atom stereocenters. The number of rotatable bonds is 6. The first-order valence-corrected chi connectivity index (χ1v) is 10.6. The van der Waals surface area contributed by atoms with Gasteiger partial charge in [0.1, 0.15) is 0 Å². The van der Waals surface area contributed by atoms with Gasteiger partial charge >= 0.3 is 5.97 Å². The zero-order valence-electron chi connectivity index (χ0n) is 16.3. The molecule has 3 aromatic rings. The van der Waals surface area contributed by atoms with Crippen LogP contribution in [0.1, 0.15) is 33.3 Å². The monoisotopic (exact) mass is 416 g/mol. The van der Waals surface area contributed by atoms with Gasteiger partial charge in [-0.2, -0.15) is 5.10 Å². The van der Waals surface area contributed by atoms with Crippen LogP contribution in [0.25, 0.3) is 11.0 Å². The molecule has 0 amide bonds. The number of nitrogens with one attached hydrogen (secondary N) is 1. The fourth-order valence-corrected chi connectivity index (χ4v) is 3.42. The fraction of sp³-hybridized carbons (Fsp3) is 0.263. The van der Waals surface area contributed by atoms with Crippen LogP contribution < -0.4 is 4.72 Å². The second-order valence-corrected chi connectivity index (χ2v) is 8.42. The van der Waals surface area contributed by atoms with Crippen molar-refractivity contribution < 1.29 is 22.7 Å². The second kappa shape index (κ2) is 7.63. The molecule has 0 radical (unpaired) electrons. The van der Waals surface area contributed by atoms with Crippen LogP contribution in [-0.2, 0) is 21.8 Å². The first kappa shape index (κ1) is 20.5. The maximum absolute atomic E-state index is 12.5. The lowest BCUT2D eigenvalue weighted by molar-refractivity contribution is 0.0318. The molecule has 29 heavy (non-hydrogen) atoms. The minimum Gasteiger partial charge on any atom is -0.451 e. The number of aryl methyl sites for hydroxylation is 2. The molecule has 0 aliphatic rings. The van der Waals surface area contributed by atoms with Crippen molar-refractivity contribution in [1.82, 2.24) is 14.8 Å². The van der Waals surface area contributed by atoms with Gasteiger partial charge < -0.3 is 4.74 Å². The first-order valence-electron chi connectivity index (χ1n) is 8.67. The SMILES string of the molecule is Cc1nn(C)c2ncc(C(=O)OC(C)C(=O)c3ccc(NS(C)(=O)=O)cc3)cc12. The highest BCUT2D eigenvalue weighted by Crippen LogP contribution is 2.18. The number of pyridine rings is 1. The van der Waals surface area contributed by atoms with E-state index < -0.39 is 27.9 Å². The Morgan fingerprint density at radius 1 is 1.17 bits per heavy atom. The maximum atomic E-state index is 12.5. The number of nitrogens with zero attached hydrogens (tertiary/aromatic N) is 3. The van der Waals surface area contributed by atoms with Crippen molar-refractivity contribution in [1.29, 1.82) is 0 Å². The van der Waals surface area contributed by atoms with Crippen molar-refractivity contribution in [3.8, 4) is 0 Å². The molecule has 0 spiro atoms. The van der Waals surface area contributed by atoms with Gasteiger partial charge in [-0.1, -0.05) is 0 Å². The Bertz CT molecular complexity index is 1200. The summed E-state index contributed by atoms with van der Waals surface area (Å²) in [5.41, 5.74) is 2.23. The van der Waals surface area contributed by atoms with Crippen molar-refractivity contribution in [2.24, 2.45) is 7.05 Å². The average molecular weight is 416 g/mol. The zero-order chi connectivity index (χ0) is 21.3. The van der Waals surface area contributed by atoms with Crippen LogP contribution in [0, 0.1) is 6.92 Å². The number of esters is 1. The molecule has 1 atom stereocenters. The minimum absolute atomic E-state index is 0.223. The van der Waals surface area contributed by atoms with Crippen molar-refractivity contribution >= 4 is 38.5 Å². The van der Waals surface area contributed by atoms with Crippen LogP contribution in [-0.4, -0.2) is 47.3 Å². The number of aromatic nitrogens is 3. The lowest BCUT2D eigenvalue weighted by Gasteiger charge is -2.13. The number of benzene rings is 1. The Kier molecular flexibility index (Phi) is 5.38. The van der Waals surface area contributed by atoms with Crippen LogP contribution in [0.15, 0.2) is 36.5 Å². The van der Waals surface area contributed by atoms with E-state index in [1.807, 2.05) is 6.92 Å². The van der Waals surface area contributed by atoms with E-state index in [4.69, 9.17) is 4.74 Å². The van der Waals surface area contributed by atoms with Gasteiger partial charge in [-0.25, -0.2) is 18.2 Å². The molecular formula is C19H20N4O5S. The predicted molar refractivity (Wildman–Crippen MR) is 107 cm³/mol. The summed E-state index contributed by atoms with van der Waals surface area (Å²) in [5.74, 6) is -1.07. The van der Waals surface area contributed by atoms with Crippen LogP contribution in [0.3, 0.4) is 0 Å². The molecule has 10 heteroatoms. The van der Waals surface area contributed by atoms with Gasteiger partial charge in [-0.3, -0.25) is 14.2 Å². The topological polar surface area (TPSA) is 120 Å². The molecule has 2 heterocycles. The van der Waals surface area contributed by atoms with Crippen molar-refractivity contribution in [3.05, 3.63) is 53.3 Å². The Balaban J connectivity index is 1.72. The number of fused-ring (bicyclic) bond motifs is 1. The molecule has 0 saturated heterocycles. The number of hydrogen-bond acceptors (Lipinski definition) is 7. The van der Waals surface area contributed by atoms with E-state index >= 15 is 0 Å². The number of carbonyl (C=O) groups excluding carboxylic acids is 2. The smallest absolute Gasteiger partial charge is 0.340 e. The lowest BCUT2D eigenvalue weighted by atomic mass is 10.1. The quantitative estimate of drug-likeness (QED) is 0.482. The molecule has 3 rings (SSSR count). The average Bonchev–Trinajstić information content (AvgIpc) is 2.94. The standard InChI is InChI=1S/C19H20N4O5S/c1-11-16-9-14(10-20-18(16)23(3)21-11)19(25)28-12(2)17(24)13-5-7-15(8-6-13)22-29(4,26)27/h5-10,12,22H,1-4H3. The van der Waals surface area contributed by atoms with E-state index in [1.54, 1.807) is 17.8 Å². The molecule has 0 aliphatic carbocycles. The van der Waals surface area contributed by atoms with E-state index in [-0.39, 0.29) is 5.56 Å². The highest BCUT2D eigenvalue weighted by molar-refractivity contribution is 7.92. The Hall–Kier alpha value is -3.27. The van der Waals surface area contributed by atoms with Crippen LogP contribution in [0.5, 0.6) is 0 Å². The van der Waals surface area contributed by atoms with Crippen molar-refractivity contribution in [3.63, 3.8) is 0 Å². The number of hydrogen-bond donors (Lipinski definition) is 1.